The first kappa shape index (κ1) is 13.8. The molecule has 0 radical (unpaired) electrons. The van der Waals surface area contributed by atoms with E-state index in [-0.39, 0.29) is 17.8 Å². The summed E-state index contributed by atoms with van der Waals surface area (Å²) >= 11 is 1.30. The highest BCUT2D eigenvalue weighted by atomic mass is 32.1. The second-order valence-corrected chi connectivity index (χ2v) is 6.93. The maximum absolute atomic E-state index is 13.3. The zero-order chi connectivity index (χ0) is 15.1. The average Bonchev–Trinajstić information content (AvgIpc) is 3.23. The van der Waals surface area contributed by atoms with Gasteiger partial charge in [0, 0.05) is 23.7 Å². The number of thiazole rings is 1. The van der Waals surface area contributed by atoms with E-state index in [9.17, 15) is 9.18 Å². The minimum atomic E-state index is -0.299. The van der Waals surface area contributed by atoms with Crippen LogP contribution in [0.1, 0.15) is 28.9 Å². The Hall–Kier alpha value is -1.79. The van der Waals surface area contributed by atoms with Crippen molar-refractivity contribution in [3.05, 3.63) is 41.2 Å². The molecule has 3 heterocycles. The monoisotopic (exact) mass is 317 g/mol. The number of amides is 1. The third-order valence-electron chi connectivity index (χ3n) is 4.42. The van der Waals surface area contributed by atoms with Crippen LogP contribution < -0.4 is 10.6 Å². The summed E-state index contributed by atoms with van der Waals surface area (Å²) in [5.41, 5.74) is 0.700. The highest BCUT2D eigenvalue weighted by Gasteiger charge is 2.39. The summed E-state index contributed by atoms with van der Waals surface area (Å²) in [5, 5.41) is 7.26. The van der Waals surface area contributed by atoms with E-state index in [2.05, 4.69) is 15.6 Å². The zero-order valence-electron chi connectivity index (χ0n) is 11.9. The third kappa shape index (κ3) is 2.53. The van der Waals surface area contributed by atoms with Crippen molar-refractivity contribution < 1.29 is 9.18 Å². The minimum Gasteiger partial charge on any atom is -0.347 e. The van der Waals surface area contributed by atoms with Crippen molar-refractivity contribution in [2.75, 3.05) is 0 Å². The molecule has 3 unspecified atom stereocenters. The van der Waals surface area contributed by atoms with Gasteiger partial charge in [-0.25, -0.2) is 9.37 Å². The number of benzene rings is 1. The normalized spacial score (nSPS) is 26.3. The fourth-order valence-electron chi connectivity index (χ4n) is 3.36. The number of fused-ring (bicyclic) bond motifs is 2. The molecule has 2 aliphatic heterocycles. The van der Waals surface area contributed by atoms with Crippen LogP contribution in [0.5, 0.6) is 0 Å². The molecular weight excluding hydrogens is 301 g/mol. The number of hydrogen-bond acceptors (Lipinski definition) is 4. The van der Waals surface area contributed by atoms with Crippen LogP contribution in [-0.4, -0.2) is 29.0 Å². The van der Waals surface area contributed by atoms with Crippen LogP contribution in [0.15, 0.2) is 30.5 Å². The number of carbonyl (C=O) groups is 1. The summed E-state index contributed by atoms with van der Waals surface area (Å²) in [6.45, 7) is 0. The number of carbonyl (C=O) groups excluding carboxylic acids is 1. The highest BCUT2D eigenvalue weighted by Crippen LogP contribution is 2.29. The summed E-state index contributed by atoms with van der Waals surface area (Å²) in [6.07, 6.45) is 4.92. The van der Waals surface area contributed by atoms with Crippen LogP contribution in [0.3, 0.4) is 0 Å². The van der Waals surface area contributed by atoms with Crippen LogP contribution in [0, 0.1) is 5.82 Å². The lowest BCUT2D eigenvalue weighted by Crippen LogP contribution is -2.42. The van der Waals surface area contributed by atoms with Crippen molar-refractivity contribution in [3.8, 4) is 10.6 Å². The summed E-state index contributed by atoms with van der Waals surface area (Å²) in [7, 11) is 0. The fraction of sp³-hybridized carbons (Fsp3) is 0.375. The third-order valence-corrected chi connectivity index (χ3v) is 5.46. The summed E-state index contributed by atoms with van der Waals surface area (Å²) in [6, 6.07) is 7.44. The van der Waals surface area contributed by atoms with Crippen molar-refractivity contribution in [2.24, 2.45) is 0 Å². The Morgan fingerprint density at radius 1 is 1.41 bits per heavy atom. The lowest BCUT2D eigenvalue weighted by Gasteiger charge is -2.20. The Kier molecular flexibility index (Phi) is 3.43. The van der Waals surface area contributed by atoms with E-state index in [1.54, 1.807) is 18.3 Å². The van der Waals surface area contributed by atoms with Gasteiger partial charge in [0.25, 0.3) is 5.91 Å². The van der Waals surface area contributed by atoms with E-state index in [0.717, 1.165) is 12.8 Å². The molecule has 6 heteroatoms. The second kappa shape index (κ2) is 5.44. The Balaban J connectivity index is 1.48. The van der Waals surface area contributed by atoms with Gasteiger partial charge in [-0.2, -0.15) is 0 Å². The molecule has 1 amide bonds. The SMILES string of the molecule is O=C(NC1CC2CCC1N2)c1cnc(-c2cccc(F)c2)s1. The lowest BCUT2D eigenvalue weighted by molar-refractivity contribution is 0.0935. The van der Waals surface area contributed by atoms with E-state index in [1.165, 1.54) is 29.9 Å². The Bertz CT molecular complexity index is 717. The van der Waals surface area contributed by atoms with E-state index in [4.69, 9.17) is 0 Å². The van der Waals surface area contributed by atoms with Gasteiger partial charge in [-0.05, 0) is 31.4 Å². The first-order valence-electron chi connectivity index (χ1n) is 7.48. The summed E-state index contributed by atoms with van der Waals surface area (Å²) < 4.78 is 13.3. The van der Waals surface area contributed by atoms with Crippen molar-refractivity contribution in [2.45, 2.75) is 37.4 Å². The fourth-order valence-corrected chi connectivity index (χ4v) is 4.17. The predicted molar refractivity (Wildman–Crippen MR) is 83.3 cm³/mol. The molecule has 114 valence electrons. The van der Waals surface area contributed by atoms with Gasteiger partial charge in [0.05, 0.1) is 6.20 Å². The number of nitrogens with one attached hydrogen (secondary N) is 2. The zero-order valence-corrected chi connectivity index (χ0v) is 12.7. The van der Waals surface area contributed by atoms with E-state index in [1.807, 2.05) is 0 Å². The molecule has 2 bridgehead atoms. The number of hydrogen-bond donors (Lipinski definition) is 2. The molecule has 22 heavy (non-hydrogen) atoms. The molecule has 2 aromatic rings. The molecule has 2 aliphatic rings. The standard InChI is InChI=1S/C16H16FN3OS/c17-10-3-1-2-9(6-10)16-18-8-14(22-16)15(21)20-13-7-11-4-5-12(13)19-11/h1-3,6,8,11-13,19H,4-5,7H2,(H,20,21). The molecule has 4 nitrogen and oxygen atoms in total. The maximum Gasteiger partial charge on any atom is 0.263 e. The van der Waals surface area contributed by atoms with Gasteiger partial charge >= 0.3 is 0 Å². The first-order valence-corrected chi connectivity index (χ1v) is 8.29. The molecule has 0 saturated carbocycles. The summed E-state index contributed by atoms with van der Waals surface area (Å²) in [4.78, 5) is 17.2. The summed E-state index contributed by atoms with van der Waals surface area (Å²) in [5.74, 6) is -0.383. The molecule has 2 N–H and O–H groups in total. The smallest absolute Gasteiger partial charge is 0.263 e. The quantitative estimate of drug-likeness (QED) is 0.915. The number of nitrogens with zero attached hydrogens (tertiary/aromatic N) is 1. The number of halogens is 1. The van der Waals surface area contributed by atoms with E-state index in [0.29, 0.717) is 27.5 Å². The average molecular weight is 317 g/mol. The molecule has 1 aromatic heterocycles. The topological polar surface area (TPSA) is 54.0 Å². The van der Waals surface area contributed by atoms with Crippen molar-refractivity contribution >= 4 is 17.2 Å². The molecule has 2 saturated heterocycles. The second-order valence-electron chi connectivity index (χ2n) is 5.90. The van der Waals surface area contributed by atoms with Gasteiger partial charge in [-0.15, -0.1) is 11.3 Å². The number of rotatable bonds is 3. The predicted octanol–water partition coefficient (Wildman–Crippen LogP) is 2.57. The van der Waals surface area contributed by atoms with Gasteiger partial charge < -0.3 is 10.6 Å². The Labute approximate surface area is 131 Å². The Morgan fingerprint density at radius 3 is 3.05 bits per heavy atom. The van der Waals surface area contributed by atoms with Gasteiger partial charge in [0.15, 0.2) is 0 Å². The maximum atomic E-state index is 13.3. The van der Waals surface area contributed by atoms with Crippen LogP contribution in [0.2, 0.25) is 0 Å². The van der Waals surface area contributed by atoms with Crippen molar-refractivity contribution in [3.63, 3.8) is 0 Å². The van der Waals surface area contributed by atoms with Crippen molar-refractivity contribution in [1.29, 1.82) is 0 Å². The molecule has 1 aromatic carbocycles. The van der Waals surface area contributed by atoms with Crippen molar-refractivity contribution in [1.82, 2.24) is 15.6 Å². The lowest BCUT2D eigenvalue weighted by atomic mass is 9.95. The van der Waals surface area contributed by atoms with Crippen LogP contribution >= 0.6 is 11.3 Å². The van der Waals surface area contributed by atoms with Gasteiger partial charge in [-0.1, -0.05) is 12.1 Å². The molecule has 0 spiro atoms. The van der Waals surface area contributed by atoms with Crippen LogP contribution in [-0.2, 0) is 0 Å². The van der Waals surface area contributed by atoms with E-state index >= 15 is 0 Å². The molecule has 4 rings (SSSR count). The largest absolute Gasteiger partial charge is 0.347 e. The first-order chi connectivity index (χ1) is 10.7. The van der Waals surface area contributed by atoms with Gasteiger partial charge in [0.1, 0.15) is 15.7 Å². The molecule has 0 aliphatic carbocycles. The van der Waals surface area contributed by atoms with Gasteiger partial charge in [-0.3, -0.25) is 4.79 Å². The molecule has 3 atom stereocenters. The molecular formula is C16H16FN3OS. The highest BCUT2D eigenvalue weighted by molar-refractivity contribution is 7.16. The van der Waals surface area contributed by atoms with Gasteiger partial charge in [0.2, 0.25) is 0 Å². The number of aromatic nitrogens is 1. The van der Waals surface area contributed by atoms with E-state index < -0.39 is 0 Å². The minimum absolute atomic E-state index is 0.0838. The molecule has 2 fully saturated rings. The van der Waals surface area contributed by atoms with Crippen LogP contribution in [0.25, 0.3) is 10.6 Å². The van der Waals surface area contributed by atoms with Crippen LogP contribution in [0.4, 0.5) is 4.39 Å². The Morgan fingerprint density at radius 2 is 2.32 bits per heavy atom.